The van der Waals surface area contributed by atoms with Gasteiger partial charge in [-0.3, -0.25) is 9.59 Å². The number of nitrogens with one attached hydrogen (secondary N) is 1. The second-order valence-electron chi connectivity index (χ2n) is 11.6. The van der Waals surface area contributed by atoms with Crippen molar-refractivity contribution in [1.82, 2.24) is 19.5 Å². The van der Waals surface area contributed by atoms with Crippen LogP contribution in [-0.4, -0.2) is 61.1 Å². The number of nitrogens with zero attached hydrogens (tertiary/aromatic N) is 3. The summed E-state index contributed by atoms with van der Waals surface area (Å²) in [6.07, 6.45) is 0.421. The molecule has 4 rings (SSSR count). The Morgan fingerprint density at radius 2 is 1.59 bits per heavy atom. The molecule has 3 aromatic carbocycles. The molecule has 0 unspecified atom stereocenters. The van der Waals surface area contributed by atoms with Gasteiger partial charge in [0, 0.05) is 50.4 Å². The van der Waals surface area contributed by atoms with Crippen molar-refractivity contribution >= 4 is 27.5 Å². The molecule has 0 aliphatic rings. The van der Waals surface area contributed by atoms with E-state index in [9.17, 15) is 18.0 Å². The number of hydrogen-bond donors (Lipinski definition) is 2. The predicted octanol–water partition coefficient (Wildman–Crippen LogP) is 5.61. The SMILES string of the molecule is Cc1ccccc1.Cc1nc(CN(C)C(=O)c2cccc(C(=O)NCCCN(CC(C)C)S(=O)(=O)c3ccc(N)cc3)c2)c(C)o1. The van der Waals surface area contributed by atoms with E-state index in [4.69, 9.17) is 10.2 Å². The van der Waals surface area contributed by atoms with Crippen LogP contribution in [0.25, 0.3) is 0 Å². The maximum Gasteiger partial charge on any atom is 0.253 e. The zero-order valence-corrected chi connectivity index (χ0v) is 28.3. The molecule has 0 aliphatic carbocycles. The third-order valence-electron chi connectivity index (χ3n) is 7.00. The first kappa shape index (κ1) is 36.0. The summed E-state index contributed by atoms with van der Waals surface area (Å²) in [6, 6.07) is 22.9. The minimum atomic E-state index is -3.70. The minimum Gasteiger partial charge on any atom is -0.446 e. The lowest BCUT2D eigenvalue weighted by molar-refractivity contribution is 0.0783. The second-order valence-corrected chi connectivity index (χ2v) is 13.5. The van der Waals surface area contributed by atoms with Crippen LogP contribution in [0.3, 0.4) is 0 Å². The summed E-state index contributed by atoms with van der Waals surface area (Å²) in [5.41, 5.74) is 8.92. The van der Waals surface area contributed by atoms with Gasteiger partial charge >= 0.3 is 0 Å². The molecular weight excluding hydrogens is 602 g/mol. The van der Waals surface area contributed by atoms with E-state index < -0.39 is 10.0 Å². The van der Waals surface area contributed by atoms with E-state index in [-0.39, 0.29) is 42.3 Å². The number of amides is 2. The monoisotopic (exact) mass is 647 g/mol. The van der Waals surface area contributed by atoms with Gasteiger partial charge in [0.05, 0.1) is 11.4 Å². The Kier molecular flexibility index (Phi) is 13.1. The number of aryl methyl sites for hydroxylation is 3. The van der Waals surface area contributed by atoms with Crippen LogP contribution in [0, 0.1) is 26.7 Å². The summed E-state index contributed by atoms with van der Waals surface area (Å²) in [7, 11) is -2.03. The van der Waals surface area contributed by atoms with Crippen molar-refractivity contribution in [1.29, 1.82) is 0 Å². The number of nitrogen functional groups attached to an aromatic ring is 1. The summed E-state index contributed by atoms with van der Waals surface area (Å²) in [5, 5.41) is 2.83. The molecule has 0 saturated heterocycles. The van der Waals surface area contributed by atoms with Gasteiger partial charge in [-0.05, 0) is 68.7 Å². The lowest BCUT2D eigenvalue weighted by atomic mass is 10.1. The van der Waals surface area contributed by atoms with Gasteiger partial charge in [-0.1, -0.05) is 55.8 Å². The Balaban J connectivity index is 0.000000724. The van der Waals surface area contributed by atoms with Crippen LogP contribution >= 0.6 is 0 Å². The molecule has 0 aliphatic heterocycles. The van der Waals surface area contributed by atoms with E-state index in [1.54, 1.807) is 57.3 Å². The molecule has 0 atom stereocenters. The van der Waals surface area contributed by atoms with Gasteiger partial charge in [0.1, 0.15) is 11.5 Å². The summed E-state index contributed by atoms with van der Waals surface area (Å²) >= 11 is 0. The number of aromatic nitrogens is 1. The number of carbonyl (C=O) groups excluding carboxylic acids is 2. The van der Waals surface area contributed by atoms with Gasteiger partial charge in [0.15, 0.2) is 5.89 Å². The van der Waals surface area contributed by atoms with Crippen molar-refractivity contribution in [3.05, 3.63) is 113 Å². The standard InChI is InChI=1S/C28H37N5O5S.C7H8/c1-19(2)17-33(39(36,37)25-12-10-24(29)11-13-25)15-7-14-30-27(34)22-8-6-9-23(16-22)28(35)32(5)18-26-20(3)38-21(4)31-26;1-7-5-3-2-4-6-7/h6,8-13,16,19H,7,14-15,17-18,29H2,1-5H3,(H,30,34);2-6H,1H3. The lowest BCUT2D eigenvalue weighted by Gasteiger charge is -2.24. The first-order chi connectivity index (χ1) is 21.8. The highest BCUT2D eigenvalue weighted by Gasteiger charge is 2.25. The fourth-order valence-corrected chi connectivity index (χ4v) is 6.27. The number of hydrogen-bond acceptors (Lipinski definition) is 7. The Hall–Kier alpha value is -4.48. The number of anilines is 1. The van der Waals surface area contributed by atoms with Crippen molar-refractivity contribution in [3.63, 3.8) is 0 Å². The van der Waals surface area contributed by atoms with E-state index in [0.29, 0.717) is 47.1 Å². The van der Waals surface area contributed by atoms with Crippen LogP contribution in [0.5, 0.6) is 0 Å². The number of carbonyl (C=O) groups is 2. The molecule has 3 N–H and O–H groups in total. The fourth-order valence-electron chi connectivity index (χ4n) is 4.63. The Morgan fingerprint density at radius 1 is 0.935 bits per heavy atom. The second kappa shape index (κ2) is 16.7. The number of oxazole rings is 1. The molecule has 1 heterocycles. The van der Waals surface area contributed by atoms with Crippen LogP contribution in [0.2, 0.25) is 0 Å². The van der Waals surface area contributed by atoms with E-state index in [1.165, 1.54) is 26.9 Å². The molecule has 0 radical (unpaired) electrons. The molecule has 0 fully saturated rings. The normalized spacial score (nSPS) is 11.2. The van der Waals surface area contributed by atoms with Crippen molar-refractivity contribution in [2.75, 3.05) is 32.4 Å². The summed E-state index contributed by atoms with van der Waals surface area (Å²) < 4.78 is 33.2. The number of rotatable bonds is 12. The minimum absolute atomic E-state index is 0.124. The smallest absolute Gasteiger partial charge is 0.253 e. The van der Waals surface area contributed by atoms with E-state index in [2.05, 4.69) is 29.4 Å². The average molecular weight is 648 g/mol. The molecule has 1 aromatic heterocycles. The predicted molar refractivity (Wildman–Crippen MR) is 181 cm³/mol. The van der Waals surface area contributed by atoms with Gasteiger partial charge in [0.25, 0.3) is 11.8 Å². The maximum absolute atomic E-state index is 13.2. The molecular formula is C35H45N5O5S. The highest BCUT2D eigenvalue weighted by molar-refractivity contribution is 7.89. The van der Waals surface area contributed by atoms with Gasteiger partial charge in [-0.25, -0.2) is 13.4 Å². The third-order valence-corrected chi connectivity index (χ3v) is 8.88. The maximum atomic E-state index is 13.2. The van der Waals surface area contributed by atoms with E-state index in [0.717, 1.165) is 0 Å². The quantitative estimate of drug-likeness (QED) is 0.151. The summed E-state index contributed by atoms with van der Waals surface area (Å²) in [5.74, 6) is 0.735. The van der Waals surface area contributed by atoms with Gasteiger partial charge in [-0.15, -0.1) is 0 Å². The van der Waals surface area contributed by atoms with E-state index in [1.807, 2.05) is 32.0 Å². The largest absolute Gasteiger partial charge is 0.446 e. The van der Waals surface area contributed by atoms with Crippen molar-refractivity contribution < 1.29 is 22.4 Å². The molecule has 4 aromatic rings. The van der Waals surface area contributed by atoms with Gasteiger partial charge < -0.3 is 20.4 Å². The topological polar surface area (TPSA) is 139 Å². The van der Waals surface area contributed by atoms with Crippen LogP contribution in [0.1, 0.15) is 63.9 Å². The van der Waals surface area contributed by atoms with Crippen molar-refractivity contribution in [2.24, 2.45) is 5.92 Å². The highest BCUT2D eigenvalue weighted by atomic mass is 32.2. The molecule has 246 valence electrons. The number of benzene rings is 3. The molecule has 2 amide bonds. The van der Waals surface area contributed by atoms with Gasteiger partial charge in [0.2, 0.25) is 10.0 Å². The zero-order chi connectivity index (χ0) is 33.9. The zero-order valence-electron chi connectivity index (χ0n) is 27.5. The Labute approximate surface area is 272 Å². The van der Waals surface area contributed by atoms with Crippen molar-refractivity contribution in [2.45, 2.75) is 52.5 Å². The average Bonchev–Trinajstić information content (AvgIpc) is 3.34. The van der Waals surface area contributed by atoms with Gasteiger partial charge in [-0.2, -0.15) is 4.31 Å². The van der Waals surface area contributed by atoms with Crippen LogP contribution < -0.4 is 11.1 Å². The third kappa shape index (κ3) is 10.6. The van der Waals surface area contributed by atoms with Crippen LogP contribution in [-0.2, 0) is 16.6 Å². The molecule has 0 saturated carbocycles. The number of nitrogens with two attached hydrogens (primary N) is 1. The van der Waals surface area contributed by atoms with Crippen LogP contribution in [0.15, 0.2) is 88.2 Å². The number of sulfonamides is 1. The molecule has 11 heteroatoms. The first-order valence-electron chi connectivity index (χ1n) is 15.2. The highest BCUT2D eigenvalue weighted by Crippen LogP contribution is 2.19. The molecule has 0 bridgehead atoms. The molecule has 46 heavy (non-hydrogen) atoms. The summed E-state index contributed by atoms with van der Waals surface area (Å²) in [4.78, 5) is 31.8. The fraction of sp³-hybridized carbons (Fsp3) is 0.343. The molecule has 0 spiro atoms. The van der Waals surface area contributed by atoms with Crippen LogP contribution in [0.4, 0.5) is 5.69 Å². The molecule has 10 nitrogen and oxygen atoms in total. The Morgan fingerprint density at radius 3 is 2.15 bits per heavy atom. The lowest BCUT2D eigenvalue weighted by Crippen LogP contribution is -2.37. The van der Waals surface area contributed by atoms with Crippen molar-refractivity contribution in [3.8, 4) is 0 Å². The summed E-state index contributed by atoms with van der Waals surface area (Å²) in [6.45, 7) is 10.7. The van der Waals surface area contributed by atoms with E-state index >= 15 is 0 Å². The first-order valence-corrected chi connectivity index (χ1v) is 16.7. The Bertz CT molecular complexity index is 1690.